The second-order valence-corrected chi connectivity index (χ2v) is 6.06. The molecule has 110 valence electrons. The van der Waals surface area contributed by atoms with Crippen molar-refractivity contribution in [2.24, 2.45) is 0 Å². The molecule has 8 heteroatoms. The van der Waals surface area contributed by atoms with Crippen molar-refractivity contribution in [1.82, 2.24) is 5.32 Å². The summed E-state index contributed by atoms with van der Waals surface area (Å²) in [4.78, 5) is 0. The van der Waals surface area contributed by atoms with Gasteiger partial charge in [0.05, 0.1) is 5.25 Å². The monoisotopic (exact) mass is 330 g/mol. The van der Waals surface area contributed by atoms with E-state index in [1.54, 1.807) is 0 Å². The third kappa shape index (κ3) is 5.14. The summed E-state index contributed by atoms with van der Waals surface area (Å²) in [7, 11) is -3.36. The summed E-state index contributed by atoms with van der Waals surface area (Å²) in [6.45, 7) is 1.43. The fourth-order valence-corrected chi connectivity index (χ4v) is 3.36. The Morgan fingerprint density at radius 2 is 1.63 bits per heavy atom. The lowest BCUT2D eigenvalue weighted by molar-refractivity contribution is 0.499. The Balaban J connectivity index is 0.00000162. The van der Waals surface area contributed by atoms with E-state index in [9.17, 15) is 12.8 Å². The van der Waals surface area contributed by atoms with Crippen molar-refractivity contribution in [2.75, 3.05) is 17.8 Å². The van der Waals surface area contributed by atoms with Crippen LogP contribution in [0.2, 0.25) is 0 Å². The van der Waals surface area contributed by atoms with Gasteiger partial charge in [-0.25, -0.2) is 12.8 Å². The fourth-order valence-electron chi connectivity index (χ4n) is 1.87. The summed E-state index contributed by atoms with van der Waals surface area (Å²) in [5.41, 5.74) is 0.407. The quantitative estimate of drug-likeness (QED) is 0.892. The van der Waals surface area contributed by atoms with Crippen LogP contribution in [-0.4, -0.2) is 26.8 Å². The van der Waals surface area contributed by atoms with E-state index in [1.807, 2.05) is 0 Å². The standard InChI is InChI=1S/C11H15FN2O2S.2ClH/c12-9-1-3-10(4-2-9)14-17(15,16)11-5-7-13-8-6-11;;/h1-4,11,13-14H,5-8H2;2*1H. The van der Waals surface area contributed by atoms with Crippen LogP contribution in [0.3, 0.4) is 0 Å². The van der Waals surface area contributed by atoms with Crippen LogP contribution in [0, 0.1) is 5.82 Å². The van der Waals surface area contributed by atoms with Crippen molar-refractivity contribution >= 4 is 40.5 Å². The van der Waals surface area contributed by atoms with E-state index in [0.717, 1.165) is 13.1 Å². The lowest BCUT2D eigenvalue weighted by Gasteiger charge is -2.23. The van der Waals surface area contributed by atoms with Crippen LogP contribution in [0.15, 0.2) is 24.3 Å². The number of anilines is 1. The molecule has 0 unspecified atom stereocenters. The molecule has 2 rings (SSSR count). The predicted octanol–water partition coefficient (Wildman–Crippen LogP) is 2.16. The average molecular weight is 331 g/mol. The molecule has 0 aliphatic carbocycles. The Kier molecular flexibility index (Phi) is 7.66. The van der Waals surface area contributed by atoms with E-state index in [1.165, 1.54) is 24.3 Å². The van der Waals surface area contributed by atoms with Gasteiger partial charge in [0.15, 0.2) is 0 Å². The number of benzene rings is 1. The maximum atomic E-state index is 12.7. The summed E-state index contributed by atoms with van der Waals surface area (Å²) in [6.07, 6.45) is 1.22. The van der Waals surface area contributed by atoms with Crippen molar-refractivity contribution in [3.05, 3.63) is 30.1 Å². The molecule has 0 radical (unpaired) electrons. The van der Waals surface area contributed by atoms with E-state index in [-0.39, 0.29) is 35.9 Å². The minimum atomic E-state index is -3.36. The van der Waals surface area contributed by atoms with Gasteiger partial charge >= 0.3 is 0 Å². The third-order valence-corrected chi connectivity index (χ3v) is 4.70. The fraction of sp³-hybridized carbons (Fsp3) is 0.455. The van der Waals surface area contributed by atoms with Gasteiger partial charge in [0.25, 0.3) is 0 Å². The molecule has 1 saturated heterocycles. The Bertz CT molecular complexity index is 476. The Labute approximate surface area is 125 Å². The zero-order valence-electron chi connectivity index (χ0n) is 10.1. The summed E-state index contributed by atoms with van der Waals surface area (Å²) < 4.78 is 39.2. The Morgan fingerprint density at radius 1 is 1.11 bits per heavy atom. The molecule has 19 heavy (non-hydrogen) atoms. The number of halogens is 3. The van der Waals surface area contributed by atoms with Gasteiger partial charge in [0.2, 0.25) is 10.0 Å². The predicted molar refractivity (Wildman–Crippen MR) is 79.3 cm³/mol. The van der Waals surface area contributed by atoms with Gasteiger partial charge in [-0.1, -0.05) is 0 Å². The summed E-state index contributed by atoms with van der Waals surface area (Å²) >= 11 is 0. The highest BCUT2D eigenvalue weighted by molar-refractivity contribution is 7.93. The lowest BCUT2D eigenvalue weighted by Crippen LogP contribution is -2.38. The van der Waals surface area contributed by atoms with Gasteiger partial charge in [0, 0.05) is 5.69 Å². The molecule has 2 N–H and O–H groups in total. The summed E-state index contributed by atoms with van der Waals surface area (Å²) in [5.74, 6) is -0.380. The van der Waals surface area contributed by atoms with Crippen LogP contribution >= 0.6 is 24.8 Å². The lowest BCUT2D eigenvalue weighted by atomic mass is 10.2. The van der Waals surface area contributed by atoms with Crippen LogP contribution in [0.4, 0.5) is 10.1 Å². The van der Waals surface area contributed by atoms with E-state index < -0.39 is 10.0 Å². The smallest absolute Gasteiger partial charge is 0.235 e. The largest absolute Gasteiger partial charge is 0.317 e. The van der Waals surface area contributed by atoms with Crippen LogP contribution in [-0.2, 0) is 10.0 Å². The SMILES string of the molecule is Cl.Cl.O=S(=O)(Nc1ccc(F)cc1)C1CCNCC1. The maximum absolute atomic E-state index is 12.7. The topological polar surface area (TPSA) is 58.2 Å². The number of sulfonamides is 1. The van der Waals surface area contributed by atoms with Crippen LogP contribution < -0.4 is 10.0 Å². The molecule has 1 fully saturated rings. The van der Waals surface area contributed by atoms with E-state index in [0.29, 0.717) is 18.5 Å². The molecule has 1 aliphatic heterocycles. The van der Waals surface area contributed by atoms with Gasteiger partial charge in [0.1, 0.15) is 5.82 Å². The Hall–Kier alpha value is -0.560. The molecular formula is C11H17Cl2FN2O2S. The van der Waals surface area contributed by atoms with Crippen LogP contribution in [0.5, 0.6) is 0 Å². The average Bonchev–Trinajstić information content (AvgIpc) is 2.33. The summed E-state index contributed by atoms with van der Waals surface area (Å²) in [5, 5.41) is 2.75. The normalized spacial score (nSPS) is 16.1. The van der Waals surface area contributed by atoms with Crippen molar-refractivity contribution < 1.29 is 12.8 Å². The van der Waals surface area contributed by atoms with Crippen molar-refractivity contribution in [3.8, 4) is 0 Å². The first-order valence-electron chi connectivity index (χ1n) is 5.56. The molecule has 1 aromatic rings. The number of nitrogens with one attached hydrogen (secondary N) is 2. The van der Waals surface area contributed by atoms with Crippen molar-refractivity contribution in [2.45, 2.75) is 18.1 Å². The molecule has 1 heterocycles. The van der Waals surface area contributed by atoms with E-state index in [4.69, 9.17) is 0 Å². The highest BCUT2D eigenvalue weighted by Crippen LogP contribution is 2.17. The zero-order chi connectivity index (χ0) is 12.3. The molecule has 1 aromatic carbocycles. The third-order valence-electron chi connectivity index (χ3n) is 2.83. The van der Waals surface area contributed by atoms with Gasteiger partial charge in [-0.05, 0) is 50.2 Å². The highest BCUT2D eigenvalue weighted by atomic mass is 35.5. The van der Waals surface area contributed by atoms with E-state index >= 15 is 0 Å². The second kappa shape index (κ2) is 7.89. The zero-order valence-corrected chi connectivity index (χ0v) is 12.6. The first kappa shape index (κ1) is 18.4. The molecule has 0 aromatic heterocycles. The van der Waals surface area contributed by atoms with Crippen molar-refractivity contribution in [3.63, 3.8) is 0 Å². The molecule has 0 spiro atoms. The van der Waals surface area contributed by atoms with Gasteiger partial charge in [-0.15, -0.1) is 24.8 Å². The Morgan fingerprint density at radius 3 is 2.16 bits per heavy atom. The van der Waals surface area contributed by atoms with Gasteiger partial charge < -0.3 is 5.32 Å². The minimum absolute atomic E-state index is 0. The summed E-state index contributed by atoms with van der Waals surface area (Å²) in [6, 6.07) is 5.32. The first-order valence-corrected chi connectivity index (χ1v) is 7.10. The van der Waals surface area contributed by atoms with Gasteiger partial charge in [-0.2, -0.15) is 0 Å². The molecule has 0 amide bonds. The number of rotatable bonds is 3. The van der Waals surface area contributed by atoms with Gasteiger partial charge in [-0.3, -0.25) is 4.72 Å². The molecule has 0 bridgehead atoms. The molecule has 1 aliphatic rings. The van der Waals surface area contributed by atoms with Crippen LogP contribution in [0.1, 0.15) is 12.8 Å². The molecule has 4 nitrogen and oxygen atoms in total. The second-order valence-electron chi connectivity index (χ2n) is 4.10. The first-order chi connectivity index (χ1) is 8.08. The number of hydrogen-bond donors (Lipinski definition) is 2. The van der Waals surface area contributed by atoms with Crippen LogP contribution in [0.25, 0.3) is 0 Å². The van der Waals surface area contributed by atoms with Crippen molar-refractivity contribution in [1.29, 1.82) is 0 Å². The maximum Gasteiger partial charge on any atom is 0.235 e. The highest BCUT2D eigenvalue weighted by Gasteiger charge is 2.26. The van der Waals surface area contributed by atoms with E-state index in [2.05, 4.69) is 10.0 Å². The minimum Gasteiger partial charge on any atom is -0.317 e. The molecule has 0 saturated carbocycles. The number of piperidine rings is 1. The number of hydrogen-bond acceptors (Lipinski definition) is 3. The molecule has 0 atom stereocenters. The molecular weight excluding hydrogens is 314 g/mol.